The standard InChI is InChI=1S/C18H24N3O6P/c1-2-3-4-5-6-7-8-12(10-20-11-22)17(19)21-18-16(25)15(24)13(27-18)9-14(23)28-26/h1,10-11,13,15-16,18,24-26,28H,3-6,9H2,(H2,19,21)(H,20,22)/b12-10-. The lowest BCUT2D eigenvalue weighted by molar-refractivity contribution is -0.115. The van der Waals surface area contributed by atoms with Gasteiger partial charge in [0.25, 0.3) is 0 Å². The van der Waals surface area contributed by atoms with Crippen LogP contribution < -0.4 is 11.1 Å². The predicted molar refractivity (Wildman–Crippen MR) is 105 cm³/mol. The number of hydrogen-bond acceptors (Lipinski definition) is 7. The van der Waals surface area contributed by atoms with E-state index in [9.17, 15) is 19.8 Å². The van der Waals surface area contributed by atoms with Crippen LogP contribution in [0.5, 0.6) is 0 Å². The number of hydrogen-bond donors (Lipinski definition) is 5. The molecule has 1 rings (SSSR count). The largest absolute Gasteiger partial charge is 0.388 e. The van der Waals surface area contributed by atoms with Crippen molar-refractivity contribution in [1.29, 1.82) is 0 Å². The number of terminal acetylenes is 1. The summed E-state index contributed by atoms with van der Waals surface area (Å²) >= 11 is 0. The van der Waals surface area contributed by atoms with Crippen molar-refractivity contribution in [3.8, 4) is 24.2 Å². The Morgan fingerprint density at radius 3 is 2.68 bits per heavy atom. The molecule has 1 heterocycles. The highest BCUT2D eigenvalue weighted by Crippen LogP contribution is 2.26. The van der Waals surface area contributed by atoms with E-state index in [4.69, 9.17) is 21.8 Å². The van der Waals surface area contributed by atoms with Gasteiger partial charge < -0.3 is 30.9 Å². The third kappa shape index (κ3) is 7.77. The van der Waals surface area contributed by atoms with Gasteiger partial charge in [-0.25, -0.2) is 4.99 Å². The monoisotopic (exact) mass is 409 g/mol. The highest BCUT2D eigenvalue weighted by Gasteiger charge is 2.43. The molecule has 0 aromatic rings. The molecule has 5 atom stereocenters. The van der Waals surface area contributed by atoms with E-state index < -0.39 is 38.9 Å². The molecule has 28 heavy (non-hydrogen) atoms. The fraction of sp³-hybridized carbons (Fsp3) is 0.500. The molecule has 9 nitrogen and oxygen atoms in total. The molecule has 0 bridgehead atoms. The van der Waals surface area contributed by atoms with Gasteiger partial charge >= 0.3 is 0 Å². The third-order valence-corrected chi connectivity index (χ3v) is 4.24. The van der Waals surface area contributed by atoms with Gasteiger partial charge in [-0.1, -0.05) is 11.8 Å². The lowest BCUT2D eigenvalue weighted by Crippen LogP contribution is -2.33. The van der Waals surface area contributed by atoms with E-state index in [-0.39, 0.29) is 17.8 Å². The maximum atomic E-state index is 11.3. The van der Waals surface area contributed by atoms with Crippen molar-refractivity contribution in [2.24, 2.45) is 10.7 Å². The van der Waals surface area contributed by atoms with E-state index in [0.717, 1.165) is 12.8 Å². The summed E-state index contributed by atoms with van der Waals surface area (Å²) in [5.74, 6) is 8.10. The van der Waals surface area contributed by atoms with Crippen molar-refractivity contribution < 1.29 is 29.4 Å². The van der Waals surface area contributed by atoms with Crippen molar-refractivity contribution >= 4 is 26.6 Å². The van der Waals surface area contributed by atoms with Crippen molar-refractivity contribution in [2.75, 3.05) is 0 Å². The maximum Gasteiger partial charge on any atom is 0.211 e. The second-order valence-corrected chi connectivity index (χ2v) is 6.64. The normalized spacial score (nSPS) is 25.2. The molecule has 0 aromatic heterocycles. The van der Waals surface area contributed by atoms with Crippen LogP contribution in [0.2, 0.25) is 0 Å². The molecule has 0 radical (unpaired) electrons. The van der Waals surface area contributed by atoms with Gasteiger partial charge in [-0.05, 0) is 12.8 Å². The van der Waals surface area contributed by atoms with Crippen molar-refractivity contribution in [2.45, 2.75) is 56.6 Å². The number of nitrogens with two attached hydrogens (primary N) is 1. The number of unbranched alkanes of at least 4 members (excludes halogenated alkanes) is 3. The molecule has 1 fully saturated rings. The zero-order chi connectivity index (χ0) is 20.9. The van der Waals surface area contributed by atoms with Crippen molar-refractivity contribution in [3.63, 3.8) is 0 Å². The molecular formula is C18H24N3O6P. The lowest BCUT2D eigenvalue weighted by atomic mass is 10.1. The summed E-state index contributed by atoms with van der Waals surface area (Å²) in [5.41, 5.74) is 5.59. The average Bonchev–Trinajstić information content (AvgIpc) is 2.94. The summed E-state index contributed by atoms with van der Waals surface area (Å²) in [6.07, 6.45) is 4.51. The van der Waals surface area contributed by atoms with Crippen LogP contribution in [0.4, 0.5) is 0 Å². The summed E-state index contributed by atoms with van der Waals surface area (Å²) in [4.78, 5) is 34.7. The summed E-state index contributed by atoms with van der Waals surface area (Å²) in [7, 11) is -0.929. The van der Waals surface area contributed by atoms with Gasteiger partial charge in [-0.3, -0.25) is 9.59 Å². The van der Waals surface area contributed by atoms with Gasteiger partial charge in [0.05, 0.1) is 20.5 Å². The molecule has 152 valence electrons. The van der Waals surface area contributed by atoms with E-state index in [1.807, 2.05) is 0 Å². The fourth-order valence-electron chi connectivity index (χ4n) is 2.33. The van der Waals surface area contributed by atoms with Crippen LogP contribution in [0, 0.1) is 24.2 Å². The molecule has 0 aliphatic carbocycles. The number of carbonyl (C=O) groups excluding carboxylic acids is 2. The first kappa shape index (κ1) is 23.8. The minimum Gasteiger partial charge on any atom is -0.388 e. The molecule has 0 aromatic carbocycles. The first-order valence-electron chi connectivity index (χ1n) is 8.55. The van der Waals surface area contributed by atoms with E-state index >= 15 is 0 Å². The predicted octanol–water partition coefficient (Wildman–Crippen LogP) is -0.880. The molecule has 0 saturated carbocycles. The number of aliphatic imine (C=N–C) groups is 1. The molecular weight excluding hydrogens is 385 g/mol. The number of amides is 1. The van der Waals surface area contributed by atoms with Crippen molar-refractivity contribution in [1.82, 2.24) is 5.32 Å². The van der Waals surface area contributed by atoms with Gasteiger partial charge in [0.1, 0.15) is 18.0 Å². The zero-order valence-electron chi connectivity index (χ0n) is 15.2. The Balaban J connectivity index is 2.84. The number of ether oxygens (including phenoxy) is 1. The van der Waals surface area contributed by atoms with Crippen LogP contribution in [0.3, 0.4) is 0 Å². The summed E-state index contributed by atoms with van der Waals surface area (Å²) in [6, 6.07) is 0. The fourth-order valence-corrected chi connectivity index (χ4v) is 2.62. The van der Waals surface area contributed by atoms with Gasteiger partial charge in [0.15, 0.2) is 11.8 Å². The topological polar surface area (TPSA) is 154 Å². The maximum absolute atomic E-state index is 11.3. The molecule has 0 spiro atoms. The zero-order valence-corrected chi connectivity index (χ0v) is 16.2. The Bertz CT molecular complexity index is 706. The van der Waals surface area contributed by atoms with Gasteiger partial charge in [0, 0.05) is 25.5 Å². The minimum atomic E-state index is -1.41. The van der Waals surface area contributed by atoms with Gasteiger partial charge in [0.2, 0.25) is 6.41 Å². The molecule has 1 amide bonds. The number of aliphatic hydroxyl groups excluding tert-OH is 2. The van der Waals surface area contributed by atoms with E-state index in [0.29, 0.717) is 19.3 Å². The molecule has 1 saturated heterocycles. The second-order valence-electron chi connectivity index (χ2n) is 5.86. The first-order chi connectivity index (χ1) is 13.4. The van der Waals surface area contributed by atoms with Crippen LogP contribution in [-0.2, 0) is 14.3 Å². The quantitative estimate of drug-likeness (QED) is 0.0784. The number of nitrogens with one attached hydrogen (secondary N) is 1. The molecule has 5 unspecified atom stereocenters. The van der Waals surface area contributed by atoms with E-state index in [2.05, 4.69) is 28.1 Å². The van der Waals surface area contributed by atoms with Gasteiger partial charge in [-0.2, -0.15) is 0 Å². The Kier molecular flexibility index (Phi) is 11.0. The Morgan fingerprint density at radius 2 is 2.04 bits per heavy atom. The second kappa shape index (κ2) is 13.0. The molecule has 1 aliphatic heterocycles. The first-order valence-corrected chi connectivity index (χ1v) is 9.49. The van der Waals surface area contributed by atoms with Crippen molar-refractivity contribution in [3.05, 3.63) is 11.8 Å². The SMILES string of the molecule is C#CCCCCC#CC(=C/NC=O)/C(N)=N\C1OC(CC(=O)PO)C(O)C1O. The summed E-state index contributed by atoms with van der Waals surface area (Å²) in [6.45, 7) is 0. The number of rotatable bonds is 10. The van der Waals surface area contributed by atoms with E-state index in [1.165, 1.54) is 6.20 Å². The molecule has 10 heteroatoms. The van der Waals surface area contributed by atoms with Crippen LogP contribution in [0.15, 0.2) is 16.8 Å². The van der Waals surface area contributed by atoms with Crippen LogP contribution >= 0.6 is 8.81 Å². The smallest absolute Gasteiger partial charge is 0.211 e. The Morgan fingerprint density at radius 1 is 1.32 bits per heavy atom. The van der Waals surface area contributed by atoms with Crippen LogP contribution in [0.25, 0.3) is 0 Å². The highest BCUT2D eigenvalue weighted by atomic mass is 31.1. The Hall–Kier alpha value is -2.26. The highest BCUT2D eigenvalue weighted by molar-refractivity contribution is 7.52. The Labute approximate surface area is 165 Å². The number of amidine groups is 1. The minimum absolute atomic E-state index is 0.113. The lowest BCUT2D eigenvalue weighted by Gasteiger charge is -2.11. The summed E-state index contributed by atoms with van der Waals surface area (Å²) < 4.78 is 5.37. The van der Waals surface area contributed by atoms with E-state index in [1.54, 1.807) is 0 Å². The number of carbonyl (C=O) groups is 2. The van der Waals surface area contributed by atoms with Gasteiger partial charge in [-0.15, -0.1) is 12.3 Å². The number of nitrogens with zero attached hydrogens (tertiary/aromatic N) is 1. The number of aliphatic hydroxyl groups is 2. The third-order valence-electron chi connectivity index (χ3n) is 3.78. The van der Waals surface area contributed by atoms with Crippen LogP contribution in [0.1, 0.15) is 32.1 Å². The molecule has 6 N–H and O–H groups in total. The average molecular weight is 409 g/mol. The van der Waals surface area contributed by atoms with Crippen LogP contribution in [-0.4, -0.2) is 57.4 Å². The summed E-state index contributed by atoms with van der Waals surface area (Å²) in [5, 5.41) is 22.4. The molecule has 1 aliphatic rings.